The molecule has 0 saturated heterocycles. The number of carbonyl (C=O) groups is 1. The van der Waals surface area contributed by atoms with E-state index in [1.54, 1.807) is 0 Å². The molecule has 0 aliphatic heterocycles. The molecular formula is C35H42FN3O3. The van der Waals surface area contributed by atoms with Crippen LogP contribution in [0.2, 0.25) is 0 Å². The van der Waals surface area contributed by atoms with E-state index in [0.717, 1.165) is 72.8 Å². The Hall–Kier alpha value is -3.22. The van der Waals surface area contributed by atoms with Crippen LogP contribution in [0.5, 0.6) is 5.75 Å². The van der Waals surface area contributed by atoms with Crippen LogP contribution >= 0.6 is 0 Å². The average Bonchev–Trinajstić information content (AvgIpc) is 3.48. The molecule has 1 heterocycles. The van der Waals surface area contributed by atoms with Gasteiger partial charge < -0.3 is 14.2 Å². The number of amides is 1. The summed E-state index contributed by atoms with van der Waals surface area (Å²) < 4.78 is 25.6. The molecule has 1 amide bonds. The van der Waals surface area contributed by atoms with Gasteiger partial charge in [0, 0.05) is 30.0 Å². The Balaban J connectivity index is 1.13. The first-order valence-electron chi connectivity index (χ1n) is 15.8. The molecule has 1 aromatic heterocycles. The van der Waals surface area contributed by atoms with E-state index in [-0.39, 0.29) is 28.1 Å². The number of halogens is 1. The average molecular weight is 572 g/mol. The van der Waals surface area contributed by atoms with Crippen LogP contribution in [-0.2, 0) is 10.2 Å². The molecule has 6 fully saturated rings. The van der Waals surface area contributed by atoms with Gasteiger partial charge in [0.25, 0.3) is 0 Å². The Labute approximate surface area is 248 Å². The van der Waals surface area contributed by atoms with Gasteiger partial charge in [-0.05, 0) is 111 Å². The van der Waals surface area contributed by atoms with Crippen LogP contribution in [0.3, 0.4) is 0 Å². The second-order valence-electron chi connectivity index (χ2n) is 14.2. The summed E-state index contributed by atoms with van der Waals surface area (Å²) in [6, 6.07) is 16.5. The third-order valence-corrected chi connectivity index (χ3v) is 10.9. The summed E-state index contributed by atoms with van der Waals surface area (Å²) in [6.07, 6.45) is 8.26. The van der Waals surface area contributed by atoms with Crippen LogP contribution in [0.1, 0.15) is 103 Å². The fourth-order valence-corrected chi connectivity index (χ4v) is 8.41. The number of anilines is 1. The molecule has 0 atom stereocenters. The molecule has 0 spiro atoms. The quantitative estimate of drug-likeness (QED) is 0.246. The lowest BCUT2D eigenvalue weighted by Gasteiger charge is -2.66. The predicted octanol–water partition coefficient (Wildman–Crippen LogP) is 8.17. The van der Waals surface area contributed by atoms with E-state index in [1.807, 2.05) is 30.0 Å². The number of alkyl halides is 1. The van der Waals surface area contributed by atoms with E-state index in [2.05, 4.69) is 49.3 Å². The van der Waals surface area contributed by atoms with E-state index in [1.165, 1.54) is 0 Å². The Morgan fingerprint density at radius 3 is 2.26 bits per heavy atom. The largest absolute Gasteiger partial charge is 0.494 e. The van der Waals surface area contributed by atoms with Crippen molar-refractivity contribution in [2.75, 3.05) is 18.1 Å². The van der Waals surface area contributed by atoms with Crippen molar-refractivity contribution < 1.29 is 18.4 Å². The highest BCUT2D eigenvalue weighted by Crippen LogP contribution is 2.71. The lowest BCUT2D eigenvalue weighted by Crippen LogP contribution is -2.65. The molecule has 6 aliphatic rings. The molecule has 6 nitrogen and oxygen atoms in total. The number of benzene rings is 2. The fraction of sp³-hybridized carbons (Fsp3) is 0.571. The maximum absolute atomic E-state index is 14.4. The number of hydrogen-bond donors (Lipinski definition) is 0. The number of hydrogen-bond acceptors (Lipinski definition) is 5. The van der Waals surface area contributed by atoms with Crippen molar-refractivity contribution in [3.05, 3.63) is 60.2 Å². The van der Waals surface area contributed by atoms with Gasteiger partial charge in [-0.3, -0.25) is 4.79 Å². The van der Waals surface area contributed by atoms with E-state index in [4.69, 9.17) is 14.2 Å². The number of aromatic nitrogens is 2. The molecule has 9 rings (SSSR count). The first-order chi connectivity index (χ1) is 20.1. The zero-order valence-corrected chi connectivity index (χ0v) is 25.1. The molecule has 0 radical (unpaired) electrons. The van der Waals surface area contributed by atoms with Gasteiger partial charge in [0.15, 0.2) is 5.82 Å². The lowest BCUT2D eigenvalue weighted by molar-refractivity contribution is -0.215. The topological polar surface area (TPSA) is 68.5 Å². The van der Waals surface area contributed by atoms with Crippen LogP contribution in [0, 0.1) is 10.8 Å². The van der Waals surface area contributed by atoms with Crippen molar-refractivity contribution >= 4 is 11.6 Å². The van der Waals surface area contributed by atoms with E-state index in [0.29, 0.717) is 38.8 Å². The summed E-state index contributed by atoms with van der Waals surface area (Å²) in [5.74, 6) is 2.80. The molecule has 6 aliphatic carbocycles. The van der Waals surface area contributed by atoms with Crippen molar-refractivity contribution in [3.63, 3.8) is 0 Å². The third-order valence-electron chi connectivity index (χ3n) is 10.9. The van der Waals surface area contributed by atoms with Crippen LogP contribution in [0.15, 0.2) is 53.1 Å². The Morgan fingerprint density at radius 1 is 0.976 bits per heavy atom. The van der Waals surface area contributed by atoms with Crippen LogP contribution < -0.4 is 9.64 Å². The number of ether oxygens (including phenoxy) is 1. The van der Waals surface area contributed by atoms with Crippen molar-refractivity contribution in [2.45, 2.75) is 102 Å². The number of carbonyl (C=O) groups excluding carboxylic acids is 1. The lowest BCUT2D eigenvalue weighted by atomic mass is 9.41. The Bertz CT molecular complexity index is 1430. The maximum Gasteiger partial charge on any atom is 0.229 e. The number of fused-ring (bicyclic) bond motifs is 3. The van der Waals surface area contributed by atoms with Gasteiger partial charge in [-0.1, -0.05) is 43.3 Å². The molecular weight excluding hydrogens is 529 g/mol. The Morgan fingerprint density at radius 2 is 1.67 bits per heavy atom. The van der Waals surface area contributed by atoms with Crippen LogP contribution in [0.25, 0.3) is 11.1 Å². The van der Waals surface area contributed by atoms with E-state index in [9.17, 15) is 9.18 Å². The predicted molar refractivity (Wildman–Crippen MR) is 160 cm³/mol. The standard InChI is InChI=1S/C35H42FN3O3/c1-4-41-28-10-8-25(9-11-28)26-6-5-7-27(18-26)39(29(40)19-33-20-35(36,21-33)22-33)23-32-12-15-34(16-13-32,17-14-32)31-37-30(24(2)3)42-38-31/h5-11,18,24H,4,12-17,19-23H2,1-3H3. The van der Waals surface area contributed by atoms with Gasteiger partial charge in [-0.15, -0.1) is 0 Å². The van der Waals surface area contributed by atoms with Gasteiger partial charge >= 0.3 is 0 Å². The van der Waals surface area contributed by atoms with E-state index >= 15 is 0 Å². The molecule has 0 N–H and O–H groups in total. The minimum atomic E-state index is -1.00. The SMILES string of the molecule is CCOc1ccc(-c2cccc(N(CC34CCC(c5noc(C(C)C)n5)(CC3)CC4)C(=O)CC34CC(F)(C3)C4)c2)cc1. The second-order valence-corrected chi connectivity index (χ2v) is 14.2. The molecule has 2 aromatic carbocycles. The molecule has 6 saturated carbocycles. The highest BCUT2D eigenvalue weighted by Gasteiger charge is 2.69. The van der Waals surface area contributed by atoms with Gasteiger partial charge in [0.05, 0.1) is 6.61 Å². The first-order valence-corrected chi connectivity index (χ1v) is 15.8. The highest BCUT2D eigenvalue weighted by molar-refractivity contribution is 5.95. The third kappa shape index (κ3) is 4.73. The van der Waals surface area contributed by atoms with Gasteiger partial charge in [0.2, 0.25) is 11.8 Å². The van der Waals surface area contributed by atoms with Gasteiger partial charge in [0.1, 0.15) is 11.4 Å². The van der Waals surface area contributed by atoms with Crippen LogP contribution in [-0.4, -0.2) is 34.9 Å². The van der Waals surface area contributed by atoms with Crippen LogP contribution in [0.4, 0.5) is 10.1 Å². The molecule has 222 valence electrons. The molecule has 4 bridgehead atoms. The van der Waals surface area contributed by atoms with Gasteiger partial charge in [-0.2, -0.15) is 4.98 Å². The van der Waals surface area contributed by atoms with Crippen molar-refractivity contribution in [3.8, 4) is 16.9 Å². The molecule has 0 unspecified atom stereocenters. The molecule has 42 heavy (non-hydrogen) atoms. The highest BCUT2D eigenvalue weighted by atomic mass is 19.1. The Kier molecular flexibility index (Phi) is 6.52. The molecule has 7 heteroatoms. The summed E-state index contributed by atoms with van der Waals surface area (Å²) >= 11 is 0. The van der Waals surface area contributed by atoms with Crippen molar-refractivity contribution in [1.29, 1.82) is 0 Å². The normalized spacial score (nSPS) is 31.0. The summed E-state index contributed by atoms with van der Waals surface area (Å²) in [4.78, 5) is 20.9. The fourth-order valence-electron chi connectivity index (χ4n) is 8.41. The molecule has 3 aromatic rings. The van der Waals surface area contributed by atoms with Crippen molar-refractivity contribution in [1.82, 2.24) is 10.1 Å². The minimum Gasteiger partial charge on any atom is -0.494 e. The summed E-state index contributed by atoms with van der Waals surface area (Å²) in [6.45, 7) is 7.48. The maximum atomic E-state index is 14.4. The number of rotatable bonds is 10. The number of nitrogens with zero attached hydrogens (tertiary/aromatic N) is 3. The zero-order valence-electron chi connectivity index (χ0n) is 25.1. The summed E-state index contributed by atoms with van der Waals surface area (Å²) in [5.41, 5.74) is 2.02. The first kappa shape index (κ1) is 27.6. The minimum absolute atomic E-state index is 0.0118. The zero-order chi connectivity index (χ0) is 29.2. The van der Waals surface area contributed by atoms with Crippen molar-refractivity contribution in [2.24, 2.45) is 10.8 Å². The monoisotopic (exact) mass is 571 g/mol. The summed E-state index contributed by atoms with van der Waals surface area (Å²) in [7, 11) is 0. The summed E-state index contributed by atoms with van der Waals surface area (Å²) in [5, 5.41) is 4.42. The second kappa shape index (κ2) is 9.92. The van der Waals surface area contributed by atoms with Gasteiger partial charge in [-0.25, -0.2) is 4.39 Å². The van der Waals surface area contributed by atoms with E-state index < -0.39 is 5.67 Å². The smallest absolute Gasteiger partial charge is 0.229 e.